The van der Waals surface area contributed by atoms with Gasteiger partial charge in [-0.05, 0) is 27.0 Å². The van der Waals surface area contributed by atoms with Gasteiger partial charge in [0.2, 0.25) is 5.91 Å². The zero-order chi connectivity index (χ0) is 15.4. The molecule has 4 nitrogen and oxygen atoms in total. The third-order valence-corrected chi connectivity index (χ3v) is 2.83. The summed E-state index contributed by atoms with van der Waals surface area (Å²) in [5, 5.41) is 5.37. The summed E-state index contributed by atoms with van der Waals surface area (Å²) in [7, 11) is 1.63. The van der Waals surface area contributed by atoms with Crippen LogP contribution in [-0.4, -0.2) is 24.9 Å². The molecule has 20 heavy (non-hydrogen) atoms. The molecule has 0 atom stereocenters. The molecule has 0 aliphatic heterocycles. The highest BCUT2D eigenvalue weighted by Crippen LogP contribution is 2.26. The van der Waals surface area contributed by atoms with E-state index in [2.05, 4.69) is 15.4 Å². The Morgan fingerprint density at radius 2 is 1.85 bits per heavy atom. The van der Waals surface area contributed by atoms with E-state index in [1.807, 2.05) is 0 Å². The molecule has 0 radical (unpaired) electrons. The topological polar surface area (TPSA) is 50.4 Å². The molecule has 2 N–H and O–H groups in total. The van der Waals surface area contributed by atoms with Crippen molar-refractivity contribution in [2.45, 2.75) is 32.3 Å². The van der Waals surface area contributed by atoms with E-state index in [-0.39, 0.29) is 23.8 Å². The van der Waals surface area contributed by atoms with E-state index in [1.165, 1.54) is 18.2 Å². The lowest BCUT2D eigenvalue weighted by atomic mass is 10.1. The second-order valence-electron chi connectivity index (χ2n) is 4.71. The number of benzene rings is 1. The van der Waals surface area contributed by atoms with Crippen LogP contribution in [0.25, 0.3) is 0 Å². The van der Waals surface area contributed by atoms with E-state index >= 15 is 0 Å². The highest BCUT2D eigenvalue weighted by molar-refractivity contribution is 5.85. The smallest absolute Gasteiger partial charge is 0.405 e. The van der Waals surface area contributed by atoms with Crippen molar-refractivity contribution in [1.29, 1.82) is 0 Å². The van der Waals surface area contributed by atoms with Crippen molar-refractivity contribution in [2.24, 2.45) is 0 Å². The van der Waals surface area contributed by atoms with Crippen molar-refractivity contribution in [3.8, 4) is 5.75 Å². The molecule has 0 saturated heterocycles. The van der Waals surface area contributed by atoms with Crippen molar-refractivity contribution >= 4 is 5.91 Å². The zero-order valence-corrected chi connectivity index (χ0v) is 11.5. The summed E-state index contributed by atoms with van der Waals surface area (Å²) in [4.78, 5) is 11.8. The van der Waals surface area contributed by atoms with Gasteiger partial charge in [-0.2, -0.15) is 0 Å². The predicted octanol–water partition coefficient (Wildman–Crippen LogP) is 2.20. The molecule has 0 fully saturated rings. The van der Waals surface area contributed by atoms with Gasteiger partial charge in [-0.25, -0.2) is 0 Å². The van der Waals surface area contributed by atoms with Crippen LogP contribution in [-0.2, 0) is 11.3 Å². The van der Waals surface area contributed by atoms with Crippen LogP contribution in [0.15, 0.2) is 24.3 Å². The van der Waals surface area contributed by atoms with Gasteiger partial charge in [0.25, 0.3) is 0 Å². The number of para-hydroxylation sites is 1. The maximum Gasteiger partial charge on any atom is 0.573 e. The predicted molar refractivity (Wildman–Crippen MR) is 68.1 cm³/mol. The van der Waals surface area contributed by atoms with Crippen molar-refractivity contribution in [1.82, 2.24) is 10.6 Å². The lowest BCUT2D eigenvalue weighted by Gasteiger charge is -2.23. The van der Waals surface area contributed by atoms with Crippen LogP contribution >= 0.6 is 0 Å². The number of hydrogen-bond acceptors (Lipinski definition) is 3. The van der Waals surface area contributed by atoms with Gasteiger partial charge >= 0.3 is 6.36 Å². The molecule has 0 unspecified atom stereocenters. The van der Waals surface area contributed by atoms with Crippen LogP contribution in [0.3, 0.4) is 0 Å². The molecule has 0 spiro atoms. The normalized spacial score (nSPS) is 12.1. The molecule has 0 bridgehead atoms. The molecule has 0 aromatic heterocycles. The van der Waals surface area contributed by atoms with Crippen LogP contribution in [0.5, 0.6) is 5.75 Å². The Hall–Kier alpha value is -1.76. The Morgan fingerprint density at radius 1 is 1.25 bits per heavy atom. The Labute approximate surface area is 115 Å². The van der Waals surface area contributed by atoms with Crippen molar-refractivity contribution < 1.29 is 22.7 Å². The Morgan fingerprint density at radius 3 is 2.40 bits per heavy atom. The number of alkyl halides is 3. The first-order chi connectivity index (χ1) is 9.15. The Bertz CT molecular complexity index is 473. The number of likely N-dealkylation sites (N-methyl/N-ethyl adjacent to an activating group) is 1. The fourth-order valence-electron chi connectivity index (χ4n) is 1.38. The number of rotatable bonds is 5. The number of halogens is 3. The first-order valence-corrected chi connectivity index (χ1v) is 5.96. The number of ether oxygens (including phenoxy) is 1. The molecule has 0 aliphatic rings. The monoisotopic (exact) mass is 290 g/mol. The van der Waals surface area contributed by atoms with E-state index < -0.39 is 11.9 Å². The van der Waals surface area contributed by atoms with Gasteiger partial charge in [-0.15, -0.1) is 13.2 Å². The maximum atomic E-state index is 12.2. The number of carbonyl (C=O) groups is 1. The van der Waals surface area contributed by atoms with E-state index in [4.69, 9.17) is 0 Å². The van der Waals surface area contributed by atoms with Gasteiger partial charge in [0.05, 0.1) is 5.54 Å². The lowest BCUT2D eigenvalue weighted by Crippen LogP contribution is -2.50. The van der Waals surface area contributed by atoms with Crippen molar-refractivity contribution in [3.05, 3.63) is 29.8 Å². The summed E-state index contributed by atoms with van der Waals surface area (Å²) in [6.45, 7) is 3.29. The Kier molecular flexibility index (Phi) is 4.99. The molecular weight excluding hydrogens is 273 g/mol. The van der Waals surface area contributed by atoms with Gasteiger partial charge in [0.15, 0.2) is 0 Å². The molecule has 7 heteroatoms. The van der Waals surface area contributed by atoms with Crippen LogP contribution in [0, 0.1) is 0 Å². The van der Waals surface area contributed by atoms with Crippen LogP contribution < -0.4 is 15.4 Å². The van der Waals surface area contributed by atoms with E-state index in [0.717, 1.165) is 0 Å². The molecule has 1 rings (SSSR count). The molecule has 1 amide bonds. The summed E-state index contributed by atoms with van der Waals surface area (Å²) in [6.07, 6.45) is -4.76. The first-order valence-electron chi connectivity index (χ1n) is 5.96. The maximum absolute atomic E-state index is 12.2. The van der Waals surface area contributed by atoms with Gasteiger partial charge in [0.1, 0.15) is 5.75 Å². The molecule has 1 aromatic rings. The molecule has 0 aliphatic carbocycles. The standard InChI is InChI=1S/C13H17F3N2O2/c1-12(2,17-3)11(19)18-8-9-6-4-5-7-10(9)20-13(14,15)16/h4-7,17H,8H2,1-3H3,(H,18,19). The van der Waals surface area contributed by atoms with Gasteiger partial charge < -0.3 is 15.4 Å². The molecule has 0 saturated carbocycles. The molecule has 1 aromatic carbocycles. The summed E-state index contributed by atoms with van der Waals surface area (Å²) in [5.41, 5.74) is -0.551. The van der Waals surface area contributed by atoms with Crippen LogP contribution in [0.2, 0.25) is 0 Å². The molecule has 112 valence electrons. The average molecular weight is 290 g/mol. The van der Waals surface area contributed by atoms with E-state index in [0.29, 0.717) is 0 Å². The fraction of sp³-hybridized carbons (Fsp3) is 0.462. The quantitative estimate of drug-likeness (QED) is 0.874. The summed E-state index contributed by atoms with van der Waals surface area (Å²) in [6, 6.07) is 5.68. The van der Waals surface area contributed by atoms with Gasteiger partial charge in [0, 0.05) is 12.1 Å². The second kappa shape index (κ2) is 6.13. The summed E-state index contributed by atoms with van der Waals surface area (Å²) in [5.74, 6) is -0.635. The van der Waals surface area contributed by atoms with Gasteiger partial charge in [-0.1, -0.05) is 18.2 Å². The minimum absolute atomic E-state index is 0.0454. The minimum atomic E-state index is -4.76. The highest BCUT2D eigenvalue weighted by Gasteiger charge is 2.32. The number of amides is 1. The van der Waals surface area contributed by atoms with Gasteiger partial charge in [-0.3, -0.25) is 4.79 Å². The average Bonchev–Trinajstić information content (AvgIpc) is 2.35. The lowest BCUT2D eigenvalue weighted by molar-refractivity contribution is -0.274. The third-order valence-electron chi connectivity index (χ3n) is 2.83. The van der Waals surface area contributed by atoms with Crippen LogP contribution in [0.1, 0.15) is 19.4 Å². The number of carbonyl (C=O) groups excluding carboxylic acids is 1. The zero-order valence-electron chi connectivity index (χ0n) is 11.5. The number of hydrogen-bond donors (Lipinski definition) is 2. The number of nitrogens with one attached hydrogen (secondary N) is 2. The minimum Gasteiger partial charge on any atom is -0.405 e. The third kappa shape index (κ3) is 4.73. The SMILES string of the molecule is CNC(C)(C)C(=O)NCc1ccccc1OC(F)(F)F. The van der Waals surface area contributed by atoms with E-state index in [9.17, 15) is 18.0 Å². The van der Waals surface area contributed by atoms with Crippen molar-refractivity contribution in [2.75, 3.05) is 7.05 Å². The van der Waals surface area contributed by atoms with Crippen LogP contribution in [0.4, 0.5) is 13.2 Å². The highest BCUT2D eigenvalue weighted by atomic mass is 19.4. The molecular formula is C13H17F3N2O2. The fourth-order valence-corrected chi connectivity index (χ4v) is 1.38. The van der Waals surface area contributed by atoms with E-state index in [1.54, 1.807) is 27.0 Å². The first kappa shape index (κ1) is 16.3. The largest absolute Gasteiger partial charge is 0.573 e. The van der Waals surface area contributed by atoms with Crippen molar-refractivity contribution in [3.63, 3.8) is 0 Å². The molecule has 0 heterocycles. The summed E-state index contributed by atoms with van der Waals surface area (Å²) < 4.78 is 40.6. The Balaban J connectivity index is 2.76. The second-order valence-corrected chi connectivity index (χ2v) is 4.71. The summed E-state index contributed by atoms with van der Waals surface area (Å²) >= 11 is 0.